The van der Waals surface area contributed by atoms with Crippen molar-refractivity contribution >= 4 is 11.7 Å². The van der Waals surface area contributed by atoms with E-state index in [0.29, 0.717) is 17.1 Å². The molecule has 0 aliphatic carbocycles. The van der Waals surface area contributed by atoms with Crippen LogP contribution in [0, 0.1) is 0 Å². The number of hydrogen-bond donors (Lipinski definition) is 1. The summed E-state index contributed by atoms with van der Waals surface area (Å²) < 4.78 is 0. The van der Waals surface area contributed by atoms with Crippen LogP contribution < -0.4 is 5.32 Å². The predicted molar refractivity (Wildman–Crippen MR) is 51.9 cm³/mol. The van der Waals surface area contributed by atoms with Crippen molar-refractivity contribution in [1.82, 2.24) is 15.3 Å². The molecule has 1 aliphatic heterocycles. The average Bonchev–Trinajstić information content (AvgIpc) is 2.44. The molecule has 0 saturated heterocycles. The van der Waals surface area contributed by atoms with Gasteiger partial charge >= 0.3 is 0 Å². The van der Waals surface area contributed by atoms with Gasteiger partial charge in [-0.05, 0) is 12.1 Å². The lowest BCUT2D eigenvalue weighted by Gasteiger charge is -2.05. The maximum atomic E-state index is 11.4. The van der Waals surface area contributed by atoms with E-state index in [9.17, 15) is 4.79 Å². The van der Waals surface area contributed by atoms with Gasteiger partial charge in [0.05, 0.1) is 5.56 Å². The van der Waals surface area contributed by atoms with Crippen LogP contribution in [-0.4, -0.2) is 35.8 Å². The summed E-state index contributed by atoms with van der Waals surface area (Å²) >= 11 is 0. The van der Waals surface area contributed by atoms with Crippen LogP contribution >= 0.6 is 0 Å². The van der Waals surface area contributed by atoms with Gasteiger partial charge in [-0.2, -0.15) is 5.10 Å². The van der Waals surface area contributed by atoms with E-state index >= 15 is 0 Å². The van der Waals surface area contributed by atoms with Crippen molar-refractivity contribution in [3.8, 4) is 0 Å². The molecule has 1 N–H and O–H groups in total. The molecule has 0 bridgehead atoms. The highest BCUT2D eigenvalue weighted by Crippen LogP contribution is 2.12. The number of nitrogens with zero attached hydrogens (tertiary/aromatic N) is 3. The Balaban J connectivity index is 2.49. The summed E-state index contributed by atoms with van der Waals surface area (Å²) in [6.45, 7) is 0. The molecule has 0 unspecified atom stereocenters. The average molecular weight is 190 g/mol. The fourth-order valence-electron chi connectivity index (χ4n) is 1.28. The van der Waals surface area contributed by atoms with Gasteiger partial charge in [0.15, 0.2) is 5.84 Å². The number of aromatic nitrogens is 1. The zero-order chi connectivity index (χ0) is 10.1. The third-order valence-electron chi connectivity index (χ3n) is 1.81. The molecule has 0 spiro atoms. The van der Waals surface area contributed by atoms with Crippen molar-refractivity contribution in [2.45, 2.75) is 0 Å². The Hall–Kier alpha value is -1.91. The number of nitrogens with one attached hydrogen (secondary N) is 1. The maximum Gasteiger partial charge on any atom is 0.259 e. The molecule has 5 heteroatoms. The second kappa shape index (κ2) is 3.10. The minimum absolute atomic E-state index is 0.145. The quantitative estimate of drug-likeness (QED) is 0.636. The summed E-state index contributed by atoms with van der Waals surface area (Å²) in [5.74, 6) is 0.365. The van der Waals surface area contributed by atoms with Crippen LogP contribution in [0.3, 0.4) is 0 Å². The molecule has 5 nitrogen and oxygen atoms in total. The highest BCUT2D eigenvalue weighted by Gasteiger charge is 2.26. The number of fused-ring (bicyclic) bond motifs is 1. The van der Waals surface area contributed by atoms with E-state index in [2.05, 4.69) is 15.4 Å². The number of rotatable bonds is 1. The van der Waals surface area contributed by atoms with Gasteiger partial charge in [0, 0.05) is 20.3 Å². The molecule has 1 aliphatic rings. The lowest BCUT2D eigenvalue weighted by atomic mass is 10.2. The topological polar surface area (TPSA) is 57.6 Å². The zero-order valence-electron chi connectivity index (χ0n) is 7.98. The van der Waals surface area contributed by atoms with Gasteiger partial charge in [-0.15, -0.1) is 0 Å². The number of carbonyl (C=O) groups excluding carboxylic acids is 1. The molecule has 0 saturated carbocycles. The third-order valence-corrected chi connectivity index (χ3v) is 1.81. The van der Waals surface area contributed by atoms with Crippen molar-refractivity contribution in [2.75, 3.05) is 14.1 Å². The molecule has 0 atom stereocenters. The molecular weight excluding hydrogens is 180 g/mol. The van der Waals surface area contributed by atoms with E-state index in [1.165, 1.54) is 0 Å². The maximum absolute atomic E-state index is 11.4. The Bertz CT molecular complexity index is 411. The first-order valence-electron chi connectivity index (χ1n) is 4.21. The first kappa shape index (κ1) is 8.68. The summed E-state index contributed by atoms with van der Waals surface area (Å²) in [4.78, 5) is 15.5. The minimum Gasteiger partial charge on any atom is -0.303 e. The Morgan fingerprint density at radius 2 is 2.29 bits per heavy atom. The van der Waals surface area contributed by atoms with Crippen molar-refractivity contribution in [3.05, 3.63) is 29.6 Å². The fraction of sp³-hybridized carbons (Fsp3) is 0.222. The third kappa shape index (κ3) is 1.32. The Morgan fingerprint density at radius 1 is 1.50 bits per heavy atom. The first-order chi connectivity index (χ1) is 6.68. The monoisotopic (exact) mass is 190 g/mol. The van der Waals surface area contributed by atoms with E-state index in [1.807, 2.05) is 0 Å². The molecule has 2 rings (SSSR count). The number of hydrogen-bond acceptors (Lipinski definition) is 4. The summed E-state index contributed by atoms with van der Waals surface area (Å²) in [5.41, 5.74) is 1.19. The molecule has 0 fully saturated rings. The second-order valence-corrected chi connectivity index (χ2v) is 3.15. The Morgan fingerprint density at radius 3 is 3.00 bits per heavy atom. The van der Waals surface area contributed by atoms with Crippen molar-refractivity contribution in [2.24, 2.45) is 5.10 Å². The van der Waals surface area contributed by atoms with Crippen LogP contribution in [0.1, 0.15) is 16.1 Å². The second-order valence-electron chi connectivity index (χ2n) is 3.15. The molecule has 0 aromatic carbocycles. The molecule has 72 valence electrons. The van der Waals surface area contributed by atoms with E-state index in [1.54, 1.807) is 37.4 Å². The van der Waals surface area contributed by atoms with Crippen LogP contribution in [0.4, 0.5) is 0 Å². The number of amides is 1. The molecule has 14 heavy (non-hydrogen) atoms. The van der Waals surface area contributed by atoms with E-state index in [-0.39, 0.29) is 5.91 Å². The highest BCUT2D eigenvalue weighted by molar-refractivity contribution is 6.22. The molecule has 2 heterocycles. The van der Waals surface area contributed by atoms with Crippen molar-refractivity contribution in [1.29, 1.82) is 0 Å². The van der Waals surface area contributed by atoms with Crippen LogP contribution in [0.2, 0.25) is 0 Å². The summed E-state index contributed by atoms with van der Waals surface area (Å²) in [5, 5.41) is 8.41. The largest absolute Gasteiger partial charge is 0.303 e. The van der Waals surface area contributed by atoms with Gasteiger partial charge in [0.2, 0.25) is 0 Å². The minimum atomic E-state index is -0.145. The smallest absolute Gasteiger partial charge is 0.259 e. The molecule has 1 aromatic rings. The standard InChI is InChI=1S/C9H10N4O/c1-13(2)12-8-7-6(9(14)11-8)4-3-5-10-7/h3-5H,1-2H3,(H,11,12,14). The van der Waals surface area contributed by atoms with Gasteiger partial charge in [-0.1, -0.05) is 0 Å². The number of carbonyl (C=O) groups is 1. The number of hydrazone groups is 1. The highest BCUT2D eigenvalue weighted by atomic mass is 16.2. The zero-order valence-corrected chi connectivity index (χ0v) is 7.98. The Kier molecular flexibility index (Phi) is 1.92. The van der Waals surface area contributed by atoms with Crippen LogP contribution in [-0.2, 0) is 0 Å². The predicted octanol–water partition coefficient (Wildman–Crippen LogP) is 0.0482. The van der Waals surface area contributed by atoms with Gasteiger partial charge in [-0.25, -0.2) is 0 Å². The van der Waals surface area contributed by atoms with Gasteiger partial charge in [-0.3, -0.25) is 9.78 Å². The lowest BCUT2D eigenvalue weighted by molar-refractivity contribution is 0.0983. The molecule has 1 aromatic heterocycles. The number of amidine groups is 1. The summed E-state index contributed by atoms with van der Waals surface area (Å²) in [6, 6.07) is 3.47. The molecule has 1 amide bonds. The first-order valence-corrected chi connectivity index (χ1v) is 4.21. The fourth-order valence-corrected chi connectivity index (χ4v) is 1.28. The van der Waals surface area contributed by atoms with Crippen molar-refractivity contribution < 1.29 is 4.79 Å². The lowest BCUT2D eigenvalue weighted by Crippen LogP contribution is -2.24. The van der Waals surface area contributed by atoms with E-state index in [4.69, 9.17) is 0 Å². The molecule has 0 radical (unpaired) electrons. The van der Waals surface area contributed by atoms with Gasteiger partial charge < -0.3 is 10.3 Å². The van der Waals surface area contributed by atoms with Crippen molar-refractivity contribution in [3.63, 3.8) is 0 Å². The summed E-state index contributed by atoms with van der Waals surface area (Å²) in [6.07, 6.45) is 1.64. The van der Waals surface area contributed by atoms with Crippen LogP contribution in [0.25, 0.3) is 0 Å². The van der Waals surface area contributed by atoms with Crippen LogP contribution in [0.5, 0.6) is 0 Å². The van der Waals surface area contributed by atoms with Gasteiger partial charge in [0.1, 0.15) is 5.69 Å². The SMILES string of the molecule is CN(C)/N=C1/NC(=O)c2cccnc21. The van der Waals surface area contributed by atoms with Crippen LogP contribution in [0.15, 0.2) is 23.4 Å². The number of pyridine rings is 1. The molecular formula is C9H10N4O. The summed E-state index contributed by atoms with van der Waals surface area (Å²) in [7, 11) is 3.58. The normalized spacial score (nSPS) is 16.7. The van der Waals surface area contributed by atoms with Gasteiger partial charge in [0.25, 0.3) is 5.91 Å². The van der Waals surface area contributed by atoms with E-state index < -0.39 is 0 Å². The van der Waals surface area contributed by atoms with E-state index in [0.717, 1.165) is 0 Å². The Labute approximate surface area is 81.4 Å².